The van der Waals surface area contributed by atoms with Crippen LogP contribution in [-0.4, -0.2) is 0 Å². The predicted octanol–water partition coefficient (Wildman–Crippen LogP) is 16.9. The first kappa shape index (κ1) is 38.3. The van der Waals surface area contributed by atoms with E-state index in [4.69, 9.17) is 4.42 Å². The maximum absolute atomic E-state index is 6.62. The maximum Gasteiger partial charge on any atom is 0.138 e. The van der Waals surface area contributed by atoms with Gasteiger partial charge in [-0.2, -0.15) is 0 Å². The fraction of sp³-hybridized carbons (Fsp3) is 0.276. The first-order valence-electron chi connectivity index (χ1n) is 22.0. The van der Waals surface area contributed by atoms with E-state index in [1.807, 2.05) is 0 Å². The van der Waals surface area contributed by atoms with Crippen LogP contribution in [0.2, 0.25) is 0 Å². The lowest BCUT2D eigenvalue weighted by molar-refractivity contribution is 0.589. The number of nitrogens with zero attached hydrogens (tertiary/aromatic N) is 1. The Labute approximate surface area is 356 Å². The normalized spacial score (nSPS) is 14.8. The summed E-state index contributed by atoms with van der Waals surface area (Å²) in [6, 6.07) is 50.8. The van der Waals surface area contributed by atoms with Crippen molar-refractivity contribution in [1.29, 1.82) is 0 Å². The highest BCUT2D eigenvalue weighted by molar-refractivity contribution is 6.08. The number of hydrogen-bond donors (Lipinski definition) is 0. The molecule has 8 aromatic rings. The second-order valence-electron chi connectivity index (χ2n) is 20.2. The largest absolute Gasteiger partial charge is 0.456 e. The summed E-state index contributed by atoms with van der Waals surface area (Å²) < 4.78 is 6.62. The van der Waals surface area contributed by atoms with Crippen LogP contribution >= 0.6 is 0 Å². The SMILES string of the molecule is CC(C)c1cc(C(C)C)c2oc3ccc(-c4cccc(N(c5ccc6c(c5)C(C)(C)c5ccccc5-6)c5ccc6c(c5)C(C)(C)c5cccc(C(C)(C)C)c5-6)c4)cc3c2c1. The lowest BCUT2D eigenvalue weighted by Crippen LogP contribution is -2.18. The standard InChI is InChI=1S/C58H57NO/c1-34(2)38-30-45(35(3)4)55-47(31-38)46-29-37(22-27-53(46)60-55)36-16-14-17-39(28-36)59(40-23-25-43-42-18-12-13-19-48(42)57(8,9)51(43)32-40)41-24-26-44-52(33-41)58(10,11)50-21-15-20-49(54(44)50)56(5,6)7/h12-35H,1-11H3. The van der Waals surface area contributed by atoms with Gasteiger partial charge in [0, 0.05) is 38.7 Å². The summed E-state index contributed by atoms with van der Waals surface area (Å²) in [7, 11) is 0. The molecular formula is C58H57NO. The molecule has 300 valence electrons. The third kappa shape index (κ3) is 5.74. The Balaban J connectivity index is 1.15. The van der Waals surface area contributed by atoms with E-state index in [2.05, 4.69) is 215 Å². The number of rotatable bonds is 6. The number of benzene rings is 7. The minimum Gasteiger partial charge on any atom is -0.456 e. The smallest absolute Gasteiger partial charge is 0.138 e. The van der Waals surface area contributed by atoms with Crippen molar-refractivity contribution in [1.82, 2.24) is 0 Å². The highest BCUT2D eigenvalue weighted by atomic mass is 16.3. The first-order valence-corrected chi connectivity index (χ1v) is 22.0. The van der Waals surface area contributed by atoms with E-state index in [0.29, 0.717) is 11.8 Å². The quantitative estimate of drug-likeness (QED) is 0.167. The Morgan fingerprint density at radius 1 is 0.500 bits per heavy atom. The summed E-state index contributed by atoms with van der Waals surface area (Å²) in [5.74, 6) is 0.800. The van der Waals surface area contributed by atoms with Gasteiger partial charge >= 0.3 is 0 Å². The number of hydrogen-bond acceptors (Lipinski definition) is 2. The van der Waals surface area contributed by atoms with Crippen molar-refractivity contribution in [2.45, 2.75) is 104 Å². The number of anilines is 3. The molecule has 0 saturated carbocycles. The fourth-order valence-corrected chi connectivity index (χ4v) is 10.5. The minimum absolute atomic E-state index is 0.0299. The topological polar surface area (TPSA) is 16.4 Å². The van der Waals surface area contributed by atoms with Crippen LogP contribution in [0.5, 0.6) is 0 Å². The zero-order chi connectivity index (χ0) is 42.0. The second kappa shape index (κ2) is 13.3. The van der Waals surface area contributed by atoms with Crippen LogP contribution in [0.3, 0.4) is 0 Å². The van der Waals surface area contributed by atoms with Gasteiger partial charge in [-0.15, -0.1) is 0 Å². The Bertz CT molecular complexity index is 3030. The molecule has 10 rings (SSSR count). The van der Waals surface area contributed by atoms with Crippen molar-refractivity contribution in [3.05, 3.63) is 172 Å². The van der Waals surface area contributed by atoms with Crippen LogP contribution in [0.1, 0.15) is 127 Å². The van der Waals surface area contributed by atoms with Crippen molar-refractivity contribution in [3.63, 3.8) is 0 Å². The van der Waals surface area contributed by atoms with E-state index < -0.39 is 0 Å². The van der Waals surface area contributed by atoms with Gasteiger partial charge in [-0.25, -0.2) is 0 Å². The van der Waals surface area contributed by atoms with Gasteiger partial charge in [0.1, 0.15) is 11.2 Å². The van der Waals surface area contributed by atoms with Gasteiger partial charge in [0.05, 0.1) is 0 Å². The Kier molecular flexibility index (Phi) is 8.51. The molecule has 0 bridgehead atoms. The molecule has 0 unspecified atom stereocenters. The first-order chi connectivity index (χ1) is 28.5. The summed E-state index contributed by atoms with van der Waals surface area (Å²) in [6.07, 6.45) is 0. The molecule has 0 fully saturated rings. The molecule has 2 nitrogen and oxygen atoms in total. The second-order valence-corrected chi connectivity index (χ2v) is 20.2. The van der Waals surface area contributed by atoms with Gasteiger partial charge in [0.15, 0.2) is 0 Å². The monoisotopic (exact) mass is 783 g/mol. The minimum atomic E-state index is -0.148. The predicted molar refractivity (Wildman–Crippen MR) is 256 cm³/mol. The molecule has 0 radical (unpaired) electrons. The number of fused-ring (bicyclic) bond motifs is 9. The summed E-state index contributed by atoms with van der Waals surface area (Å²) in [5, 5.41) is 2.38. The van der Waals surface area contributed by atoms with Crippen molar-refractivity contribution >= 4 is 39.0 Å². The van der Waals surface area contributed by atoms with Crippen LogP contribution in [0.4, 0.5) is 17.1 Å². The molecule has 0 saturated heterocycles. The van der Waals surface area contributed by atoms with E-state index in [-0.39, 0.29) is 16.2 Å². The lowest BCUT2D eigenvalue weighted by atomic mass is 9.79. The molecule has 2 aliphatic carbocycles. The third-order valence-electron chi connectivity index (χ3n) is 13.9. The average molecular weight is 784 g/mol. The highest BCUT2D eigenvalue weighted by Crippen LogP contribution is 2.55. The molecule has 0 aliphatic heterocycles. The molecule has 0 spiro atoms. The molecule has 0 N–H and O–H groups in total. The van der Waals surface area contributed by atoms with Crippen LogP contribution in [0.15, 0.2) is 138 Å². The molecule has 60 heavy (non-hydrogen) atoms. The van der Waals surface area contributed by atoms with Crippen LogP contribution in [0, 0.1) is 0 Å². The van der Waals surface area contributed by atoms with Gasteiger partial charge in [-0.3, -0.25) is 0 Å². The molecule has 0 amide bonds. The van der Waals surface area contributed by atoms with Crippen LogP contribution < -0.4 is 4.90 Å². The Hall–Kier alpha value is -5.86. The van der Waals surface area contributed by atoms with Gasteiger partial charge in [-0.05, 0) is 144 Å². The summed E-state index contributed by atoms with van der Waals surface area (Å²) in [5.41, 5.74) is 22.5. The van der Waals surface area contributed by atoms with E-state index in [0.717, 1.165) is 28.2 Å². The zero-order valence-electron chi connectivity index (χ0n) is 37.2. The summed E-state index contributed by atoms with van der Waals surface area (Å²) in [4.78, 5) is 2.49. The van der Waals surface area contributed by atoms with Gasteiger partial charge in [0.25, 0.3) is 0 Å². The summed E-state index contributed by atoms with van der Waals surface area (Å²) >= 11 is 0. The molecular weight excluding hydrogens is 727 g/mol. The Morgan fingerprint density at radius 3 is 1.83 bits per heavy atom. The lowest BCUT2D eigenvalue weighted by Gasteiger charge is -2.30. The molecule has 2 aliphatic rings. The number of furan rings is 1. The van der Waals surface area contributed by atoms with Gasteiger partial charge < -0.3 is 9.32 Å². The van der Waals surface area contributed by atoms with Crippen molar-refractivity contribution < 1.29 is 4.42 Å². The Morgan fingerprint density at radius 2 is 1.12 bits per heavy atom. The van der Waals surface area contributed by atoms with Crippen molar-refractivity contribution in [2.75, 3.05) is 4.90 Å². The van der Waals surface area contributed by atoms with Gasteiger partial charge in [-0.1, -0.05) is 155 Å². The average Bonchev–Trinajstić information content (AvgIpc) is 3.79. The molecule has 2 heteroatoms. The zero-order valence-corrected chi connectivity index (χ0v) is 37.2. The maximum atomic E-state index is 6.62. The molecule has 7 aromatic carbocycles. The molecule has 1 heterocycles. The van der Waals surface area contributed by atoms with Crippen molar-refractivity contribution in [2.24, 2.45) is 0 Å². The summed E-state index contributed by atoms with van der Waals surface area (Å²) in [6.45, 7) is 25.6. The van der Waals surface area contributed by atoms with E-state index in [1.165, 1.54) is 83.1 Å². The van der Waals surface area contributed by atoms with Crippen LogP contribution in [0.25, 0.3) is 55.3 Å². The fourth-order valence-electron chi connectivity index (χ4n) is 10.5. The van der Waals surface area contributed by atoms with E-state index in [9.17, 15) is 0 Å². The van der Waals surface area contributed by atoms with E-state index >= 15 is 0 Å². The highest BCUT2D eigenvalue weighted by Gasteiger charge is 2.40. The third-order valence-corrected chi connectivity index (χ3v) is 13.9. The molecule has 0 atom stereocenters. The van der Waals surface area contributed by atoms with Crippen LogP contribution in [-0.2, 0) is 16.2 Å². The van der Waals surface area contributed by atoms with Gasteiger partial charge in [0.2, 0.25) is 0 Å². The molecule has 1 aromatic heterocycles. The van der Waals surface area contributed by atoms with E-state index in [1.54, 1.807) is 0 Å². The van der Waals surface area contributed by atoms with Crippen molar-refractivity contribution in [3.8, 4) is 33.4 Å².